The zero-order valence-corrected chi connectivity index (χ0v) is 18.2. The summed E-state index contributed by atoms with van der Waals surface area (Å²) in [7, 11) is 1.50. The number of hydrogen-bond acceptors (Lipinski definition) is 5. The number of aromatic nitrogens is 3. The summed E-state index contributed by atoms with van der Waals surface area (Å²) >= 11 is 11.9. The normalized spacial score (nSPS) is 11.3. The molecule has 1 amide bonds. The first-order valence-electron chi connectivity index (χ1n) is 9.29. The number of alkyl halides is 3. The van der Waals surface area contributed by atoms with Crippen molar-refractivity contribution in [2.75, 3.05) is 25.5 Å². The molecule has 2 heterocycles. The predicted octanol–water partition coefficient (Wildman–Crippen LogP) is 4.51. The van der Waals surface area contributed by atoms with E-state index >= 15 is 0 Å². The van der Waals surface area contributed by atoms with Gasteiger partial charge in [-0.15, -0.1) is 0 Å². The number of ether oxygens (including phenoxy) is 1. The van der Waals surface area contributed by atoms with E-state index in [1.54, 1.807) is 30.3 Å². The molecule has 0 bridgehead atoms. The molecule has 2 aromatic heterocycles. The summed E-state index contributed by atoms with van der Waals surface area (Å²) in [6.45, 7) is 0.109. The van der Waals surface area contributed by atoms with E-state index in [9.17, 15) is 18.0 Å². The number of nitrogens with zero attached hydrogens (tertiary/aromatic N) is 3. The fourth-order valence-corrected chi connectivity index (χ4v) is 3.39. The number of hydrogen-bond donors (Lipinski definition) is 2. The minimum atomic E-state index is -4.77. The monoisotopic (exact) mass is 487 g/mol. The fourth-order valence-electron chi connectivity index (χ4n) is 2.85. The number of pyridine rings is 1. The summed E-state index contributed by atoms with van der Waals surface area (Å²) in [5.41, 5.74) is -0.453. The molecule has 7 nitrogen and oxygen atoms in total. The molecule has 0 unspecified atom stereocenters. The Balaban J connectivity index is 1.66. The van der Waals surface area contributed by atoms with Gasteiger partial charge in [-0.05, 0) is 24.3 Å². The van der Waals surface area contributed by atoms with Crippen molar-refractivity contribution in [2.45, 2.75) is 12.7 Å². The summed E-state index contributed by atoms with van der Waals surface area (Å²) in [5, 5.41) is 9.08. The maximum atomic E-state index is 13.3. The number of halogens is 5. The summed E-state index contributed by atoms with van der Waals surface area (Å²) in [6.07, 6.45) is -3.36. The highest BCUT2D eigenvalue weighted by Gasteiger charge is 2.39. The molecule has 1 aromatic carbocycles. The Morgan fingerprint density at radius 2 is 1.97 bits per heavy atom. The van der Waals surface area contributed by atoms with Crippen LogP contribution >= 0.6 is 23.2 Å². The second kappa shape index (κ2) is 10.1. The number of methoxy groups -OCH3 is 1. The van der Waals surface area contributed by atoms with Crippen molar-refractivity contribution in [1.82, 2.24) is 20.1 Å². The van der Waals surface area contributed by atoms with E-state index in [4.69, 9.17) is 27.9 Å². The van der Waals surface area contributed by atoms with Gasteiger partial charge in [0.25, 0.3) is 0 Å². The molecule has 12 heteroatoms. The Kier molecular flexibility index (Phi) is 7.47. The molecule has 0 spiro atoms. The van der Waals surface area contributed by atoms with Crippen LogP contribution in [0.4, 0.5) is 18.9 Å². The second-order valence-electron chi connectivity index (χ2n) is 6.51. The summed E-state index contributed by atoms with van der Waals surface area (Å²) in [4.78, 5) is 16.4. The second-order valence-corrected chi connectivity index (χ2v) is 7.29. The largest absolute Gasteiger partial charge is 0.495 e. The average molecular weight is 488 g/mol. The van der Waals surface area contributed by atoms with E-state index in [1.807, 2.05) is 0 Å². The molecule has 0 saturated heterocycles. The van der Waals surface area contributed by atoms with Gasteiger partial charge < -0.3 is 15.4 Å². The Morgan fingerprint density at radius 3 is 2.62 bits per heavy atom. The van der Waals surface area contributed by atoms with E-state index in [-0.39, 0.29) is 17.9 Å². The van der Waals surface area contributed by atoms with Crippen LogP contribution in [0.25, 0.3) is 11.4 Å². The van der Waals surface area contributed by atoms with E-state index < -0.39 is 29.3 Å². The van der Waals surface area contributed by atoms with Crippen LogP contribution in [0, 0.1) is 0 Å². The Morgan fingerprint density at radius 1 is 1.19 bits per heavy atom. The van der Waals surface area contributed by atoms with Crippen LogP contribution in [-0.4, -0.2) is 40.9 Å². The lowest BCUT2D eigenvalue weighted by Crippen LogP contribution is -2.32. The zero-order valence-electron chi connectivity index (χ0n) is 16.7. The first kappa shape index (κ1) is 23.7. The van der Waals surface area contributed by atoms with Crippen molar-refractivity contribution in [3.8, 4) is 17.1 Å². The van der Waals surface area contributed by atoms with Crippen molar-refractivity contribution in [1.29, 1.82) is 0 Å². The number of benzene rings is 1. The Hall–Kier alpha value is -2.98. The molecule has 0 atom stereocenters. The third kappa shape index (κ3) is 5.63. The van der Waals surface area contributed by atoms with Gasteiger partial charge in [-0.25, -0.2) is 0 Å². The van der Waals surface area contributed by atoms with Crippen molar-refractivity contribution < 1.29 is 22.7 Å². The number of anilines is 1. The number of amides is 1. The third-order valence-corrected chi connectivity index (χ3v) is 4.96. The number of carbonyl (C=O) groups is 1. The molecule has 0 aliphatic carbocycles. The van der Waals surface area contributed by atoms with Crippen molar-refractivity contribution >= 4 is 34.8 Å². The number of carbonyl (C=O) groups excluding carboxylic acids is 1. The van der Waals surface area contributed by atoms with Crippen LogP contribution in [0.2, 0.25) is 10.0 Å². The summed E-state index contributed by atoms with van der Waals surface area (Å²) in [6, 6.07) is 9.81. The fraction of sp³-hybridized carbons (Fsp3) is 0.250. The molecule has 170 valence electrons. The molecule has 2 N–H and O–H groups in total. The van der Waals surface area contributed by atoms with E-state index in [0.717, 1.165) is 10.4 Å². The molecule has 0 radical (unpaired) electrons. The topological polar surface area (TPSA) is 81.1 Å². The maximum absolute atomic E-state index is 13.3. The number of nitrogens with one attached hydrogen (secondary N) is 2. The lowest BCUT2D eigenvalue weighted by molar-refractivity contribution is -0.141. The highest BCUT2D eigenvalue weighted by molar-refractivity contribution is 6.33. The minimum Gasteiger partial charge on any atom is -0.495 e. The van der Waals surface area contributed by atoms with Crippen LogP contribution in [-0.2, 0) is 17.5 Å². The zero-order chi connectivity index (χ0) is 23.3. The predicted molar refractivity (Wildman–Crippen MR) is 115 cm³/mol. The van der Waals surface area contributed by atoms with Crippen LogP contribution in [0.3, 0.4) is 0 Å². The van der Waals surface area contributed by atoms with Gasteiger partial charge in [0.05, 0.1) is 17.8 Å². The van der Waals surface area contributed by atoms with Gasteiger partial charge in [-0.1, -0.05) is 29.3 Å². The van der Waals surface area contributed by atoms with E-state index in [2.05, 4.69) is 20.7 Å². The summed E-state index contributed by atoms with van der Waals surface area (Å²) < 4.78 is 45.9. The van der Waals surface area contributed by atoms with Gasteiger partial charge in [-0.3, -0.25) is 14.5 Å². The standard InChI is InChI=1S/C20H18Cl2F3N5O2/c1-32-15-10-12(5-6-13(15)21)26-8-9-28-16(31)11-30-18(14-4-2-3-7-27-14)17(22)19(29-30)20(23,24)25/h2-7,10,26H,8-9,11H2,1H3,(H,28,31). The van der Waals surface area contributed by atoms with Gasteiger partial charge >= 0.3 is 6.18 Å². The minimum absolute atomic E-state index is 0.0823. The highest BCUT2D eigenvalue weighted by Crippen LogP contribution is 2.39. The van der Waals surface area contributed by atoms with Gasteiger partial charge in [-0.2, -0.15) is 18.3 Å². The molecule has 0 saturated carbocycles. The molecule has 0 aliphatic heterocycles. The molecular weight excluding hydrogens is 470 g/mol. The van der Waals surface area contributed by atoms with E-state index in [0.29, 0.717) is 17.3 Å². The lowest BCUT2D eigenvalue weighted by Gasteiger charge is -2.11. The van der Waals surface area contributed by atoms with E-state index in [1.165, 1.54) is 19.4 Å². The van der Waals surface area contributed by atoms with Crippen LogP contribution < -0.4 is 15.4 Å². The smallest absolute Gasteiger partial charge is 0.436 e. The van der Waals surface area contributed by atoms with Crippen molar-refractivity contribution in [3.05, 3.63) is 58.3 Å². The summed E-state index contributed by atoms with van der Waals surface area (Å²) in [5.74, 6) is -0.0376. The molecule has 0 aliphatic rings. The molecule has 0 fully saturated rings. The quantitative estimate of drug-likeness (QED) is 0.457. The molecule has 32 heavy (non-hydrogen) atoms. The lowest BCUT2D eigenvalue weighted by atomic mass is 10.2. The third-order valence-electron chi connectivity index (χ3n) is 4.29. The molecule has 3 aromatic rings. The van der Waals surface area contributed by atoms with Crippen LogP contribution in [0.5, 0.6) is 5.75 Å². The molecule has 3 rings (SSSR count). The van der Waals surface area contributed by atoms with Crippen molar-refractivity contribution in [2.24, 2.45) is 0 Å². The molecular formula is C20H18Cl2F3N5O2. The SMILES string of the molecule is COc1cc(NCCNC(=O)Cn2nc(C(F)(F)F)c(Cl)c2-c2ccccn2)ccc1Cl. The highest BCUT2D eigenvalue weighted by atomic mass is 35.5. The van der Waals surface area contributed by atoms with Crippen molar-refractivity contribution in [3.63, 3.8) is 0 Å². The van der Waals surface area contributed by atoms with Crippen LogP contribution in [0.1, 0.15) is 5.69 Å². The Labute approximate surface area is 191 Å². The van der Waals surface area contributed by atoms with Gasteiger partial charge in [0.15, 0.2) is 5.69 Å². The average Bonchev–Trinajstić information content (AvgIpc) is 3.09. The maximum Gasteiger partial charge on any atom is 0.436 e. The number of rotatable bonds is 8. The van der Waals surface area contributed by atoms with Gasteiger partial charge in [0.2, 0.25) is 5.91 Å². The Bertz CT molecular complexity index is 1090. The van der Waals surface area contributed by atoms with Crippen LogP contribution in [0.15, 0.2) is 42.6 Å². The first-order valence-corrected chi connectivity index (χ1v) is 10.0. The first-order chi connectivity index (χ1) is 15.2. The van der Waals surface area contributed by atoms with Gasteiger partial charge in [0, 0.05) is 31.0 Å². The van der Waals surface area contributed by atoms with Gasteiger partial charge in [0.1, 0.15) is 23.0 Å².